The third-order valence-electron chi connectivity index (χ3n) is 3.46. The minimum atomic E-state index is -0.342. The van der Waals surface area contributed by atoms with Crippen molar-refractivity contribution >= 4 is 28.5 Å². The molecule has 2 aromatic rings. The Morgan fingerprint density at radius 3 is 2.57 bits per heavy atom. The third kappa shape index (κ3) is 2.34. The Kier molecular flexibility index (Phi) is 3.53. The highest BCUT2D eigenvalue weighted by Gasteiger charge is 2.29. The number of aryl methyl sites for hydroxylation is 1. The number of para-hydroxylation sites is 1. The second-order valence-corrected chi connectivity index (χ2v) is 4.87. The SMILES string of the molecule is CNCCCn1nc(N2C(=O)C=CC2=O)c2ccccc21. The van der Waals surface area contributed by atoms with E-state index < -0.39 is 0 Å². The van der Waals surface area contributed by atoms with Crippen molar-refractivity contribution in [3.05, 3.63) is 36.4 Å². The smallest absolute Gasteiger partial charge is 0.259 e. The van der Waals surface area contributed by atoms with Crippen LogP contribution >= 0.6 is 0 Å². The molecule has 1 aromatic carbocycles. The van der Waals surface area contributed by atoms with E-state index in [-0.39, 0.29) is 11.8 Å². The van der Waals surface area contributed by atoms with Crippen LogP contribution in [-0.2, 0) is 16.1 Å². The number of benzene rings is 1. The first-order valence-corrected chi connectivity index (χ1v) is 6.88. The van der Waals surface area contributed by atoms with Gasteiger partial charge in [-0.1, -0.05) is 12.1 Å². The van der Waals surface area contributed by atoms with E-state index in [0.29, 0.717) is 5.82 Å². The molecule has 0 fully saturated rings. The molecular weight excluding hydrogens is 268 g/mol. The van der Waals surface area contributed by atoms with Gasteiger partial charge in [0.25, 0.3) is 11.8 Å². The zero-order valence-corrected chi connectivity index (χ0v) is 11.7. The van der Waals surface area contributed by atoms with Gasteiger partial charge < -0.3 is 5.32 Å². The quantitative estimate of drug-likeness (QED) is 0.659. The van der Waals surface area contributed by atoms with Gasteiger partial charge in [0.05, 0.1) is 5.52 Å². The van der Waals surface area contributed by atoms with Crippen LogP contribution in [0.1, 0.15) is 6.42 Å². The predicted octanol–water partition coefficient (Wildman–Crippen LogP) is 1.08. The maximum Gasteiger partial charge on any atom is 0.259 e. The molecular formula is C15H16N4O2. The molecule has 3 rings (SSSR count). The summed E-state index contributed by atoms with van der Waals surface area (Å²) in [5.41, 5.74) is 0.927. The minimum Gasteiger partial charge on any atom is -0.320 e. The summed E-state index contributed by atoms with van der Waals surface area (Å²) in [7, 11) is 1.90. The monoisotopic (exact) mass is 284 g/mol. The van der Waals surface area contributed by atoms with Gasteiger partial charge in [-0.2, -0.15) is 5.10 Å². The summed E-state index contributed by atoms with van der Waals surface area (Å²) in [5.74, 6) is -0.272. The van der Waals surface area contributed by atoms with Crippen LogP contribution in [0.15, 0.2) is 36.4 Å². The third-order valence-corrected chi connectivity index (χ3v) is 3.46. The van der Waals surface area contributed by atoms with Crippen molar-refractivity contribution in [2.24, 2.45) is 0 Å². The summed E-state index contributed by atoms with van der Waals surface area (Å²) in [6.07, 6.45) is 3.47. The zero-order valence-electron chi connectivity index (χ0n) is 11.7. The predicted molar refractivity (Wildman–Crippen MR) is 79.9 cm³/mol. The summed E-state index contributed by atoms with van der Waals surface area (Å²) in [4.78, 5) is 24.8. The number of fused-ring (bicyclic) bond motifs is 1. The van der Waals surface area contributed by atoms with E-state index in [2.05, 4.69) is 10.4 Å². The summed E-state index contributed by atoms with van der Waals surface area (Å²) in [5, 5.41) is 8.38. The largest absolute Gasteiger partial charge is 0.320 e. The molecule has 0 spiro atoms. The van der Waals surface area contributed by atoms with E-state index in [1.165, 1.54) is 12.2 Å². The van der Waals surface area contributed by atoms with Gasteiger partial charge in [0.15, 0.2) is 5.82 Å². The molecule has 0 atom stereocenters. The van der Waals surface area contributed by atoms with Gasteiger partial charge in [-0.25, -0.2) is 4.90 Å². The minimum absolute atomic E-state index is 0.342. The molecule has 6 heteroatoms. The Morgan fingerprint density at radius 2 is 1.86 bits per heavy atom. The van der Waals surface area contributed by atoms with Crippen LogP contribution in [0.5, 0.6) is 0 Å². The lowest BCUT2D eigenvalue weighted by atomic mass is 10.2. The molecule has 1 N–H and O–H groups in total. The molecule has 108 valence electrons. The number of hydrogen-bond acceptors (Lipinski definition) is 4. The van der Waals surface area contributed by atoms with E-state index in [1.54, 1.807) is 0 Å². The summed E-state index contributed by atoms with van der Waals surface area (Å²) >= 11 is 0. The Balaban J connectivity index is 2.03. The topological polar surface area (TPSA) is 67.2 Å². The van der Waals surface area contributed by atoms with Crippen LogP contribution in [0.25, 0.3) is 10.9 Å². The summed E-state index contributed by atoms with van der Waals surface area (Å²) in [6, 6.07) is 7.63. The van der Waals surface area contributed by atoms with Gasteiger partial charge in [-0.3, -0.25) is 14.3 Å². The first-order chi connectivity index (χ1) is 10.2. The number of imide groups is 1. The van der Waals surface area contributed by atoms with Crippen molar-refractivity contribution < 1.29 is 9.59 Å². The Bertz CT molecular complexity index is 714. The number of rotatable bonds is 5. The summed E-state index contributed by atoms with van der Waals surface area (Å²) < 4.78 is 1.85. The fourth-order valence-electron chi connectivity index (χ4n) is 2.46. The highest BCUT2D eigenvalue weighted by Crippen LogP contribution is 2.28. The van der Waals surface area contributed by atoms with Crippen molar-refractivity contribution in [1.29, 1.82) is 0 Å². The molecule has 0 saturated carbocycles. The molecule has 1 aromatic heterocycles. The highest BCUT2D eigenvalue weighted by atomic mass is 16.2. The van der Waals surface area contributed by atoms with Crippen molar-refractivity contribution in [3.63, 3.8) is 0 Å². The van der Waals surface area contributed by atoms with Crippen molar-refractivity contribution in [2.45, 2.75) is 13.0 Å². The van der Waals surface area contributed by atoms with Crippen molar-refractivity contribution in [2.75, 3.05) is 18.5 Å². The summed E-state index contributed by atoms with van der Waals surface area (Å²) in [6.45, 7) is 1.61. The number of nitrogens with zero attached hydrogens (tertiary/aromatic N) is 3. The standard InChI is InChI=1S/C15H16N4O2/c1-16-9-4-10-18-12-6-3-2-5-11(12)15(17-18)19-13(20)7-8-14(19)21/h2-3,5-8,16H,4,9-10H2,1H3. The molecule has 1 aliphatic rings. The Hall–Kier alpha value is -2.47. The van der Waals surface area contributed by atoms with Gasteiger partial charge in [-0.15, -0.1) is 0 Å². The molecule has 0 bridgehead atoms. The molecule has 2 amide bonds. The first kappa shape index (κ1) is 13.5. The Morgan fingerprint density at radius 1 is 1.14 bits per heavy atom. The Labute approximate surface area is 122 Å². The number of anilines is 1. The normalized spacial score (nSPS) is 14.6. The number of hydrogen-bond donors (Lipinski definition) is 1. The molecule has 0 aliphatic carbocycles. The maximum absolute atomic E-state index is 11.9. The second kappa shape index (κ2) is 5.49. The highest BCUT2D eigenvalue weighted by molar-refractivity contribution is 6.29. The van der Waals surface area contributed by atoms with E-state index in [9.17, 15) is 9.59 Å². The van der Waals surface area contributed by atoms with E-state index >= 15 is 0 Å². The van der Waals surface area contributed by atoms with Gasteiger partial charge in [0.1, 0.15) is 0 Å². The number of nitrogens with one attached hydrogen (secondary N) is 1. The number of carbonyl (C=O) groups excluding carboxylic acids is 2. The molecule has 2 heterocycles. The van der Waals surface area contributed by atoms with Crippen LogP contribution in [0.3, 0.4) is 0 Å². The van der Waals surface area contributed by atoms with Gasteiger partial charge in [0.2, 0.25) is 0 Å². The van der Waals surface area contributed by atoms with Gasteiger partial charge in [0, 0.05) is 24.1 Å². The second-order valence-electron chi connectivity index (χ2n) is 4.87. The van der Waals surface area contributed by atoms with Crippen LogP contribution in [0.4, 0.5) is 5.82 Å². The van der Waals surface area contributed by atoms with E-state index in [4.69, 9.17) is 0 Å². The number of amides is 2. The van der Waals surface area contributed by atoms with Crippen molar-refractivity contribution in [1.82, 2.24) is 15.1 Å². The van der Waals surface area contributed by atoms with E-state index in [1.807, 2.05) is 36.0 Å². The zero-order chi connectivity index (χ0) is 14.8. The average molecular weight is 284 g/mol. The number of aromatic nitrogens is 2. The lowest BCUT2D eigenvalue weighted by molar-refractivity contribution is -0.120. The number of carbonyl (C=O) groups is 2. The van der Waals surface area contributed by atoms with Gasteiger partial charge in [-0.05, 0) is 32.1 Å². The van der Waals surface area contributed by atoms with Crippen LogP contribution < -0.4 is 10.2 Å². The molecule has 0 radical (unpaired) electrons. The fraction of sp³-hybridized carbons (Fsp3) is 0.267. The fourth-order valence-corrected chi connectivity index (χ4v) is 2.46. The molecule has 0 unspecified atom stereocenters. The molecule has 0 saturated heterocycles. The van der Waals surface area contributed by atoms with E-state index in [0.717, 1.165) is 35.3 Å². The lowest BCUT2D eigenvalue weighted by Gasteiger charge is -2.10. The van der Waals surface area contributed by atoms with Crippen LogP contribution in [0, 0.1) is 0 Å². The van der Waals surface area contributed by atoms with Gasteiger partial charge >= 0.3 is 0 Å². The van der Waals surface area contributed by atoms with Crippen LogP contribution in [-0.4, -0.2) is 35.2 Å². The molecule has 1 aliphatic heterocycles. The van der Waals surface area contributed by atoms with Crippen LogP contribution in [0.2, 0.25) is 0 Å². The molecule has 6 nitrogen and oxygen atoms in total. The first-order valence-electron chi connectivity index (χ1n) is 6.88. The lowest BCUT2D eigenvalue weighted by Crippen LogP contribution is -2.30. The molecule has 21 heavy (non-hydrogen) atoms. The average Bonchev–Trinajstić information content (AvgIpc) is 3.01. The maximum atomic E-state index is 11.9. The van der Waals surface area contributed by atoms with Crippen molar-refractivity contribution in [3.8, 4) is 0 Å².